The quantitative estimate of drug-likeness (QED) is 0.733. The van der Waals surface area contributed by atoms with Gasteiger partial charge in [-0.2, -0.15) is 4.39 Å². The van der Waals surface area contributed by atoms with Crippen LogP contribution in [0.5, 0.6) is 0 Å². The molecule has 0 spiro atoms. The van der Waals surface area contributed by atoms with E-state index in [1.807, 2.05) is 31.2 Å². The van der Waals surface area contributed by atoms with E-state index in [1.165, 1.54) is 18.2 Å². The van der Waals surface area contributed by atoms with Crippen molar-refractivity contribution in [2.45, 2.75) is 6.92 Å². The topological polar surface area (TPSA) is 54.9 Å². The van der Waals surface area contributed by atoms with E-state index >= 15 is 0 Å². The Morgan fingerprint density at radius 1 is 1.10 bits per heavy atom. The largest absolute Gasteiger partial charge is 0.320 e. The van der Waals surface area contributed by atoms with Gasteiger partial charge in [0.15, 0.2) is 0 Å². The monoisotopic (exact) mass is 281 g/mol. The summed E-state index contributed by atoms with van der Waals surface area (Å²) >= 11 is 0. The molecule has 0 atom stereocenters. The number of nitrogens with one attached hydrogen (secondary N) is 1. The van der Waals surface area contributed by atoms with Gasteiger partial charge in [-0.3, -0.25) is 9.78 Å². The number of para-hydroxylation sites is 1. The fourth-order valence-corrected chi connectivity index (χ4v) is 2.13. The lowest BCUT2D eigenvalue weighted by molar-refractivity contribution is 0.102. The number of carbonyl (C=O) groups excluding carboxylic acids is 1. The molecule has 1 aromatic carbocycles. The lowest BCUT2D eigenvalue weighted by Gasteiger charge is -2.09. The summed E-state index contributed by atoms with van der Waals surface area (Å²) in [5.74, 6) is -1.14. The Morgan fingerprint density at radius 3 is 2.71 bits per heavy atom. The fourth-order valence-electron chi connectivity index (χ4n) is 2.13. The van der Waals surface area contributed by atoms with Crippen LogP contribution in [0.4, 0.5) is 10.1 Å². The summed E-state index contributed by atoms with van der Waals surface area (Å²) in [4.78, 5) is 20.1. The predicted molar refractivity (Wildman–Crippen MR) is 78.6 cm³/mol. The van der Waals surface area contributed by atoms with Crippen molar-refractivity contribution in [2.75, 3.05) is 5.32 Å². The molecular weight excluding hydrogens is 269 g/mol. The molecule has 0 aliphatic carbocycles. The van der Waals surface area contributed by atoms with Crippen LogP contribution in [0.3, 0.4) is 0 Å². The molecule has 0 fully saturated rings. The van der Waals surface area contributed by atoms with E-state index in [9.17, 15) is 9.18 Å². The van der Waals surface area contributed by atoms with Crippen LogP contribution in [0.2, 0.25) is 0 Å². The van der Waals surface area contributed by atoms with Gasteiger partial charge in [0.25, 0.3) is 5.91 Å². The second-order valence-electron chi connectivity index (χ2n) is 4.63. The van der Waals surface area contributed by atoms with Crippen LogP contribution in [-0.2, 0) is 0 Å². The molecule has 0 unspecified atom stereocenters. The number of amides is 1. The minimum absolute atomic E-state index is 0.0357. The number of halogens is 1. The van der Waals surface area contributed by atoms with E-state index < -0.39 is 11.9 Å². The molecule has 3 aromatic rings. The predicted octanol–water partition coefficient (Wildman–Crippen LogP) is 3.33. The average Bonchev–Trinajstić information content (AvgIpc) is 2.47. The van der Waals surface area contributed by atoms with Crippen molar-refractivity contribution in [2.24, 2.45) is 0 Å². The van der Waals surface area contributed by atoms with Crippen LogP contribution in [0, 0.1) is 12.9 Å². The highest BCUT2D eigenvalue weighted by molar-refractivity contribution is 6.07. The van der Waals surface area contributed by atoms with Crippen molar-refractivity contribution in [3.8, 4) is 0 Å². The van der Waals surface area contributed by atoms with Crippen molar-refractivity contribution >= 4 is 22.5 Å². The molecule has 0 radical (unpaired) electrons. The Balaban J connectivity index is 2.00. The number of rotatable bonds is 2. The van der Waals surface area contributed by atoms with E-state index in [0.29, 0.717) is 5.69 Å². The molecule has 0 bridgehead atoms. The van der Waals surface area contributed by atoms with Crippen molar-refractivity contribution in [1.29, 1.82) is 0 Å². The summed E-state index contributed by atoms with van der Waals surface area (Å²) in [6, 6.07) is 13.4. The summed E-state index contributed by atoms with van der Waals surface area (Å²) < 4.78 is 13.1. The zero-order chi connectivity index (χ0) is 14.8. The molecule has 5 heteroatoms. The number of aryl methyl sites for hydroxylation is 1. The van der Waals surface area contributed by atoms with Gasteiger partial charge in [0.2, 0.25) is 5.95 Å². The number of benzene rings is 1. The standard InChI is InChI=1S/C16H12FN3O/c1-10-9-14(11-5-2-3-6-12(11)18-10)20-16(21)13-7-4-8-15(17)19-13/h2-9H,1H3,(H,18,20,21). The molecule has 21 heavy (non-hydrogen) atoms. The normalized spacial score (nSPS) is 10.6. The van der Waals surface area contributed by atoms with E-state index in [0.717, 1.165) is 16.6 Å². The van der Waals surface area contributed by atoms with Gasteiger partial charge in [-0.25, -0.2) is 4.98 Å². The molecule has 2 aromatic heterocycles. The number of hydrogen-bond acceptors (Lipinski definition) is 3. The number of anilines is 1. The third-order valence-electron chi connectivity index (χ3n) is 3.04. The number of nitrogens with zero attached hydrogens (tertiary/aromatic N) is 2. The maximum Gasteiger partial charge on any atom is 0.274 e. The summed E-state index contributed by atoms with van der Waals surface area (Å²) in [6.07, 6.45) is 0. The highest BCUT2D eigenvalue weighted by Gasteiger charge is 2.11. The number of hydrogen-bond donors (Lipinski definition) is 1. The van der Waals surface area contributed by atoms with E-state index in [2.05, 4.69) is 15.3 Å². The van der Waals surface area contributed by atoms with E-state index in [1.54, 1.807) is 6.07 Å². The first-order chi connectivity index (χ1) is 10.1. The number of aromatic nitrogens is 2. The molecular formula is C16H12FN3O. The van der Waals surface area contributed by atoms with Crippen molar-refractivity contribution < 1.29 is 9.18 Å². The third kappa shape index (κ3) is 2.72. The Kier molecular flexibility index (Phi) is 3.31. The van der Waals surface area contributed by atoms with Crippen LogP contribution in [0.25, 0.3) is 10.9 Å². The first-order valence-electron chi connectivity index (χ1n) is 6.44. The second kappa shape index (κ2) is 5.28. The van der Waals surface area contributed by atoms with E-state index in [4.69, 9.17) is 0 Å². The Bertz CT molecular complexity index is 833. The number of fused-ring (bicyclic) bond motifs is 1. The lowest BCUT2D eigenvalue weighted by Crippen LogP contribution is -2.14. The minimum Gasteiger partial charge on any atom is -0.320 e. The SMILES string of the molecule is Cc1cc(NC(=O)c2cccc(F)n2)c2ccccc2n1. The van der Waals surface area contributed by atoms with Gasteiger partial charge in [0, 0.05) is 11.1 Å². The number of carbonyl (C=O) groups is 1. The van der Waals surface area contributed by atoms with Gasteiger partial charge >= 0.3 is 0 Å². The maximum atomic E-state index is 13.1. The Morgan fingerprint density at radius 2 is 1.90 bits per heavy atom. The summed E-state index contributed by atoms with van der Waals surface area (Å²) in [5, 5.41) is 3.59. The summed E-state index contributed by atoms with van der Waals surface area (Å²) in [5.41, 5.74) is 2.25. The number of pyridine rings is 2. The Hall–Kier alpha value is -2.82. The molecule has 104 valence electrons. The summed E-state index contributed by atoms with van der Waals surface area (Å²) in [7, 11) is 0. The average molecular weight is 281 g/mol. The lowest BCUT2D eigenvalue weighted by atomic mass is 10.1. The zero-order valence-corrected chi connectivity index (χ0v) is 11.3. The highest BCUT2D eigenvalue weighted by atomic mass is 19.1. The molecule has 0 saturated heterocycles. The minimum atomic E-state index is -0.682. The maximum absolute atomic E-state index is 13.1. The van der Waals surface area contributed by atoms with Gasteiger partial charge in [-0.15, -0.1) is 0 Å². The van der Waals surface area contributed by atoms with Crippen molar-refractivity contribution in [1.82, 2.24) is 9.97 Å². The first kappa shape index (κ1) is 13.2. The Labute approximate surface area is 120 Å². The zero-order valence-electron chi connectivity index (χ0n) is 11.3. The molecule has 0 saturated carbocycles. The highest BCUT2D eigenvalue weighted by Crippen LogP contribution is 2.23. The van der Waals surface area contributed by atoms with Gasteiger partial charge in [-0.05, 0) is 31.2 Å². The molecule has 0 aliphatic heterocycles. The van der Waals surface area contributed by atoms with Crippen molar-refractivity contribution in [3.63, 3.8) is 0 Å². The molecule has 1 amide bonds. The van der Waals surface area contributed by atoms with Crippen LogP contribution >= 0.6 is 0 Å². The van der Waals surface area contributed by atoms with Crippen molar-refractivity contribution in [3.05, 3.63) is 65.9 Å². The third-order valence-corrected chi connectivity index (χ3v) is 3.04. The van der Waals surface area contributed by atoms with Crippen LogP contribution < -0.4 is 5.32 Å². The smallest absolute Gasteiger partial charge is 0.274 e. The fraction of sp³-hybridized carbons (Fsp3) is 0.0625. The van der Waals surface area contributed by atoms with Gasteiger partial charge < -0.3 is 5.32 Å². The molecule has 1 N–H and O–H groups in total. The van der Waals surface area contributed by atoms with Crippen LogP contribution in [0.15, 0.2) is 48.5 Å². The summed E-state index contributed by atoms with van der Waals surface area (Å²) in [6.45, 7) is 1.85. The molecule has 0 aliphatic rings. The van der Waals surface area contributed by atoms with Gasteiger partial charge in [-0.1, -0.05) is 24.3 Å². The first-order valence-corrected chi connectivity index (χ1v) is 6.44. The molecule has 4 nitrogen and oxygen atoms in total. The van der Waals surface area contributed by atoms with Crippen LogP contribution in [-0.4, -0.2) is 15.9 Å². The van der Waals surface area contributed by atoms with E-state index in [-0.39, 0.29) is 5.69 Å². The molecule has 2 heterocycles. The molecule has 3 rings (SSSR count). The van der Waals surface area contributed by atoms with Gasteiger partial charge in [0.05, 0.1) is 11.2 Å². The van der Waals surface area contributed by atoms with Gasteiger partial charge in [0.1, 0.15) is 5.69 Å². The second-order valence-corrected chi connectivity index (χ2v) is 4.63. The van der Waals surface area contributed by atoms with Crippen LogP contribution in [0.1, 0.15) is 16.2 Å².